The van der Waals surface area contributed by atoms with E-state index in [1.807, 2.05) is 56.3 Å². The van der Waals surface area contributed by atoms with E-state index in [1.54, 1.807) is 10.9 Å². The highest BCUT2D eigenvalue weighted by molar-refractivity contribution is 5.92. The smallest absolute Gasteiger partial charge is 0.238 e. The fraction of sp³-hybridized carbons (Fsp3) is 0.412. The van der Waals surface area contributed by atoms with Gasteiger partial charge in [0.1, 0.15) is 0 Å². The Labute approximate surface area is 136 Å². The number of aliphatic hydroxyl groups excluding tert-OH is 1. The number of aromatic nitrogens is 2. The van der Waals surface area contributed by atoms with Gasteiger partial charge in [0.2, 0.25) is 5.91 Å². The third-order valence-corrected chi connectivity index (χ3v) is 3.67. The third-order valence-electron chi connectivity index (χ3n) is 3.67. The van der Waals surface area contributed by atoms with Crippen LogP contribution in [0.1, 0.15) is 23.8 Å². The van der Waals surface area contributed by atoms with Crippen molar-refractivity contribution in [2.45, 2.75) is 19.4 Å². The van der Waals surface area contributed by atoms with Crippen molar-refractivity contribution >= 4 is 11.6 Å². The molecule has 6 heteroatoms. The monoisotopic (exact) mass is 316 g/mol. The van der Waals surface area contributed by atoms with Gasteiger partial charge in [0.05, 0.1) is 24.0 Å². The van der Waals surface area contributed by atoms with Crippen LogP contribution in [-0.2, 0) is 11.8 Å². The molecule has 0 saturated carbocycles. The Hall–Kier alpha value is -2.18. The molecule has 6 nitrogen and oxygen atoms in total. The van der Waals surface area contributed by atoms with Gasteiger partial charge in [0, 0.05) is 19.8 Å². The van der Waals surface area contributed by atoms with Crippen molar-refractivity contribution in [3.8, 4) is 0 Å². The number of carbonyl (C=O) groups is 1. The Kier molecular flexibility index (Phi) is 5.90. The summed E-state index contributed by atoms with van der Waals surface area (Å²) in [6, 6.07) is 9.55. The molecule has 2 rings (SSSR count). The number of hydrogen-bond acceptors (Lipinski definition) is 4. The first-order valence-corrected chi connectivity index (χ1v) is 7.67. The second kappa shape index (κ2) is 7.89. The summed E-state index contributed by atoms with van der Waals surface area (Å²) in [5.74, 6) is -0.0854. The van der Waals surface area contributed by atoms with Gasteiger partial charge in [-0.2, -0.15) is 5.10 Å². The highest BCUT2D eigenvalue weighted by atomic mass is 16.3. The van der Waals surface area contributed by atoms with Crippen LogP contribution in [0, 0.1) is 6.92 Å². The lowest BCUT2D eigenvalue weighted by molar-refractivity contribution is -0.117. The summed E-state index contributed by atoms with van der Waals surface area (Å²) in [4.78, 5) is 13.9. The standard InChI is InChI=1S/C17H24N4O2/c1-13-15(11-21(3)19-13)18-17(23)12-20(2)10-9-16(22)14-7-5-4-6-8-14/h4-8,11,16,22H,9-10,12H2,1-3H3,(H,18,23). The van der Waals surface area contributed by atoms with Crippen LogP contribution >= 0.6 is 0 Å². The van der Waals surface area contributed by atoms with Crippen LogP contribution < -0.4 is 5.32 Å². The minimum absolute atomic E-state index is 0.0854. The molecule has 0 aliphatic rings. The van der Waals surface area contributed by atoms with Gasteiger partial charge in [-0.05, 0) is 26.0 Å². The summed E-state index contributed by atoms with van der Waals surface area (Å²) in [7, 11) is 3.69. The molecule has 2 aromatic rings. The number of benzene rings is 1. The molecule has 0 spiro atoms. The van der Waals surface area contributed by atoms with Crippen molar-refractivity contribution in [2.24, 2.45) is 7.05 Å². The molecule has 1 aromatic heterocycles. The van der Waals surface area contributed by atoms with E-state index in [9.17, 15) is 9.90 Å². The van der Waals surface area contributed by atoms with Crippen molar-refractivity contribution in [1.29, 1.82) is 0 Å². The Morgan fingerprint density at radius 3 is 2.70 bits per heavy atom. The van der Waals surface area contributed by atoms with Gasteiger partial charge in [0.15, 0.2) is 0 Å². The van der Waals surface area contributed by atoms with Crippen LogP contribution in [0.4, 0.5) is 5.69 Å². The number of carbonyl (C=O) groups excluding carboxylic acids is 1. The molecule has 0 saturated heterocycles. The lowest BCUT2D eigenvalue weighted by atomic mass is 10.1. The van der Waals surface area contributed by atoms with Gasteiger partial charge >= 0.3 is 0 Å². The van der Waals surface area contributed by atoms with Crippen LogP contribution in [0.3, 0.4) is 0 Å². The topological polar surface area (TPSA) is 70.4 Å². The van der Waals surface area contributed by atoms with Crippen molar-refractivity contribution in [3.05, 3.63) is 47.8 Å². The molecule has 2 N–H and O–H groups in total. The maximum Gasteiger partial charge on any atom is 0.238 e. The summed E-state index contributed by atoms with van der Waals surface area (Å²) in [6.45, 7) is 2.76. The van der Waals surface area contributed by atoms with Gasteiger partial charge in [-0.25, -0.2) is 0 Å². The van der Waals surface area contributed by atoms with E-state index in [0.29, 0.717) is 13.0 Å². The zero-order chi connectivity index (χ0) is 16.8. The fourth-order valence-corrected chi connectivity index (χ4v) is 2.42. The quantitative estimate of drug-likeness (QED) is 0.816. The maximum absolute atomic E-state index is 12.0. The summed E-state index contributed by atoms with van der Waals surface area (Å²) >= 11 is 0. The first-order chi connectivity index (χ1) is 11.0. The summed E-state index contributed by atoms with van der Waals surface area (Å²) in [5, 5.41) is 17.2. The van der Waals surface area contributed by atoms with Gasteiger partial charge in [-0.1, -0.05) is 30.3 Å². The summed E-state index contributed by atoms with van der Waals surface area (Å²) < 4.78 is 1.67. The molecule has 0 bridgehead atoms. The minimum atomic E-state index is -0.512. The molecule has 1 heterocycles. The number of nitrogens with zero attached hydrogens (tertiary/aromatic N) is 3. The van der Waals surface area contributed by atoms with Crippen LogP contribution in [-0.4, -0.2) is 45.8 Å². The molecule has 0 aliphatic heterocycles. The molecule has 0 radical (unpaired) electrons. The van der Waals surface area contributed by atoms with E-state index in [2.05, 4.69) is 10.4 Å². The van der Waals surface area contributed by atoms with E-state index in [4.69, 9.17) is 0 Å². The van der Waals surface area contributed by atoms with E-state index in [-0.39, 0.29) is 12.5 Å². The van der Waals surface area contributed by atoms with Gasteiger partial charge < -0.3 is 10.4 Å². The Morgan fingerprint density at radius 2 is 2.09 bits per heavy atom. The Morgan fingerprint density at radius 1 is 1.39 bits per heavy atom. The molecule has 0 fully saturated rings. The van der Waals surface area contributed by atoms with Crippen LogP contribution in [0.5, 0.6) is 0 Å². The first-order valence-electron chi connectivity index (χ1n) is 7.67. The number of hydrogen-bond donors (Lipinski definition) is 2. The van der Waals surface area contributed by atoms with Crippen molar-refractivity contribution in [2.75, 3.05) is 25.5 Å². The molecule has 1 atom stereocenters. The predicted molar refractivity (Wildman–Crippen MR) is 90.1 cm³/mol. The number of aryl methyl sites for hydroxylation is 2. The maximum atomic E-state index is 12.0. The van der Waals surface area contributed by atoms with Crippen molar-refractivity contribution < 1.29 is 9.90 Å². The molecule has 1 unspecified atom stereocenters. The second-order valence-electron chi connectivity index (χ2n) is 5.80. The lowest BCUT2D eigenvalue weighted by Gasteiger charge is -2.18. The van der Waals surface area contributed by atoms with Gasteiger partial charge in [0.25, 0.3) is 0 Å². The number of likely N-dealkylation sites (N-methyl/N-ethyl adjacent to an activating group) is 1. The lowest BCUT2D eigenvalue weighted by Crippen LogP contribution is -2.31. The molecule has 23 heavy (non-hydrogen) atoms. The number of anilines is 1. The second-order valence-corrected chi connectivity index (χ2v) is 5.80. The molecule has 1 amide bonds. The molecule has 0 aliphatic carbocycles. The normalized spacial score (nSPS) is 12.4. The fourth-order valence-electron chi connectivity index (χ4n) is 2.42. The van der Waals surface area contributed by atoms with Gasteiger partial charge in [-0.3, -0.25) is 14.4 Å². The van der Waals surface area contributed by atoms with E-state index in [1.165, 1.54) is 0 Å². The average Bonchev–Trinajstić information content (AvgIpc) is 2.83. The molecular weight excluding hydrogens is 292 g/mol. The molecule has 1 aromatic carbocycles. The van der Waals surface area contributed by atoms with E-state index in [0.717, 1.165) is 16.9 Å². The molecular formula is C17H24N4O2. The highest BCUT2D eigenvalue weighted by Crippen LogP contribution is 2.16. The van der Waals surface area contributed by atoms with Crippen LogP contribution in [0.25, 0.3) is 0 Å². The van der Waals surface area contributed by atoms with Crippen LogP contribution in [0.2, 0.25) is 0 Å². The number of rotatable bonds is 7. The molecule has 124 valence electrons. The van der Waals surface area contributed by atoms with Crippen LogP contribution in [0.15, 0.2) is 36.5 Å². The SMILES string of the molecule is Cc1nn(C)cc1NC(=O)CN(C)CCC(O)c1ccccc1. The first kappa shape index (κ1) is 17.2. The number of aliphatic hydroxyl groups is 1. The zero-order valence-electron chi connectivity index (χ0n) is 13.9. The van der Waals surface area contributed by atoms with Gasteiger partial charge in [-0.15, -0.1) is 0 Å². The number of amides is 1. The summed E-state index contributed by atoms with van der Waals surface area (Å²) in [5.41, 5.74) is 2.43. The minimum Gasteiger partial charge on any atom is -0.388 e. The summed E-state index contributed by atoms with van der Waals surface area (Å²) in [6.07, 6.45) is 1.86. The Bertz CT molecular complexity index is 639. The average molecular weight is 316 g/mol. The van der Waals surface area contributed by atoms with Crippen molar-refractivity contribution in [1.82, 2.24) is 14.7 Å². The largest absolute Gasteiger partial charge is 0.388 e. The zero-order valence-corrected chi connectivity index (χ0v) is 13.9. The highest BCUT2D eigenvalue weighted by Gasteiger charge is 2.12. The van der Waals surface area contributed by atoms with E-state index < -0.39 is 6.10 Å². The van der Waals surface area contributed by atoms with Crippen molar-refractivity contribution in [3.63, 3.8) is 0 Å². The third kappa shape index (κ3) is 5.19. The predicted octanol–water partition coefficient (Wildman–Crippen LogP) is 1.72. The van der Waals surface area contributed by atoms with E-state index >= 15 is 0 Å². The number of nitrogens with one attached hydrogen (secondary N) is 1. The Balaban J connectivity index is 1.77.